The Labute approximate surface area is 159 Å². The number of hydrogen-bond donors (Lipinski definition) is 2. The van der Waals surface area contributed by atoms with Gasteiger partial charge in [-0.05, 0) is 44.5 Å². The summed E-state index contributed by atoms with van der Waals surface area (Å²) in [5, 5.41) is 15.1. The van der Waals surface area contributed by atoms with E-state index < -0.39 is 0 Å². The molecule has 6 heteroatoms. The molecule has 2 saturated heterocycles. The maximum atomic E-state index is 10.6. The van der Waals surface area contributed by atoms with Gasteiger partial charge in [0.05, 0.1) is 13.2 Å². The van der Waals surface area contributed by atoms with Crippen LogP contribution in [0.3, 0.4) is 0 Å². The van der Waals surface area contributed by atoms with E-state index in [1.165, 1.54) is 4.88 Å². The Bertz CT molecular complexity index is 746. The molecule has 140 valence electrons. The Morgan fingerprint density at radius 2 is 2.38 bits per heavy atom. The molecule has 0 radical (unpaired) electrons. The molecule has 26 heavy (non-hydrogen) atoms. The maximum Gasteiger partial charge on any atom is 0.123 e. The summed E-state index contributed by atoms with van der Waals surface area (Å²) in [7, 11) is 1.69. The van der Waals surface area contributed by atoms with Crippen LogP contribution in [0.1, 0.15) is 24.1 Å². The number of aliphatic hydroxyl groups is 1. The summed E-state index contributed by atoms with van der Waals surface area (Å²) in [6.07, 6.45) is 4.96. The van der Waals surface area contributed by atoms with Gasteiger partial charge in [0.15, 0.2) is 0 Å². The van der Waals surface area contributed by atoms with Gasteiger partial charge in [0, 0.05) is 41.7 Å². The highest BCUT2D eigenvalue weighted by Gasteiger charge is 2.42. The van der Waals surface area contributed by atoms with Crippen molar-refractivity contribution in [2.24, 2.45) is 5.41 Å². The molecule has 0 bridgehead atoms. The molecule has 2 atom stereocenters. The van der Waals surface area contributed by atoms with Gasteiger partial charge in [0.2, 0.25) is 0 Å². The summed E-state index contributed by atoms with van der Waals surface area (Å²) < 4.78 is 5.32. The van der Waals surface area contributed by atoms with Gasteiger partial charge in [0.1, 0.15) is 10.8 Å². The first-order valence-corrected chi connectivity index (χ1v) is 10.2. The monoisotopic (exact) mass is 373 g/mol. The lowest BCUT2D eigenvalue weighted by molar-refractivity contribution is -0.0512. The number of likely N-dealkylation sites (tertiary alicyclic amines) is 1. The second-order valence-electron chi connectivity index (χ2n) is 7.52. The summed E-state index contributed by atoms with van der Waals surface area (Å²) in [6.45, 7) is 4.84. The number of piperidine rings is 2. The van der Waals surface area contributed by atoms with Crippen LogP contribution in [0.4, 0.5) is 0 Å². The molecule has 3 heterocycles. The minimum absolute atomic E-state index is 0.0246. The summed E-state index contributed by atoms with van der Waals surface area (Å²) >= 11 is 1.75. The van der Waals surface area contributed by atoms with Crippen LogP contribution in [-0.4, -0.2) is 54.4 Å². The summed E-state index contributed by atoms with van der Waals surface area (Å²) in [4.78, 5) is 8.39. The number of hydrogen-bond acceptors (Lipinski definition) is 6. The van der Waals surface area contributed by atoms with Gasteiger partial charge in [-0.3, -0.25) is 4.90 Å². The second kappa shape index (κ2) is 7.64. The molecule has 2 aliphatic heterocycles. The molecule has 1 aromatic heterocycles. The minimum Gasteiger partial charge on any atom is -0.497 e. The molecule has 4 rings (SSSR count). The van der Waals surface area contributed by atoms with Crippen LogP contribution in [0, 0.1) is 5.41 Å². The number of thiazole rings is 1. The number of aromatic nitrogens is 1. The average Bonchev–Trinajstić information content (AvgIpc) is 3.13. The predicted octanol–water partition coefficient (Wildman–Crippen LogP) is 2.76. The van der Waals surface area contributed by atoms with Crippen molar-refractivity contribution in [1.29, 1.82) is 0 Å². The fraction of sp³-hybridized carbons (Fsp3) is 0.550. The summed E-state index contributed by atoms with van der Waals surface area (Å²) in [6, 6.07) is 8.06. The van der Waals surface area contributed by atoms with Crippen molar-refractivity contribution in [3.05, 3.63) is 35.3 Å². The van der Waals surface area contributed by atoms with Gasteiger partial charge in [0.25, 0.3) is 0 Å². The fourth-order valence-corrected chi connectivity index (χ4v) is 5.25. The van der Waals surface area contributed by atoms with E-state index in [9.17, 15) is 5.11 Å². The first kappa shape index (κ1) is 17.9. The van der Waals surface area contributed by atoms with Crippen molar-refractivity contribution in [1.82, 2.24) is 15.2 Å². The number of nitrogens with one attached hydrogen (secondary N) is 1. The van der Waals surface area contributed by atoms with Crippen molar-refractivity contribution in [2.45, 2.75) is 31.9 Å². The number of methoxy groups -OCH3 is 1. The largest absolute Gasteiger partial charge is 0.497 e. The molecule has 2 N–H and O–H groups in total. The molecule has 0 saturated carbocycles. The third kappa shape index (κ3) is 3.64. The Balaban J connectivity index is 1.45. The molecule has 0 aliphatic carbocycles. The van der Waals surface area contributed by atoms with Gasteiger partial charge in [-0.15, -0.1) is 11.3 Å². The Morgan fingerprint density at radius 1 is 1.46 bits per heavy atom. The van der Waals surface area contributed by atoms with E-state index in [4.69, 9.17) is 4.74 Å². The van der Waals surface area contributed by atoms with Crippen LogP contribution < -0.4 is 10.1 Å². The van der Waals surface area contributed by atoms with Crippen molar-refractivity contribution in [3.63, 3.8) is 0 Å². The molecule has 0 unspecified atom stereocenters. The average molecular weight is 374 g/mol. The Morgan fingerprint density at radius 3 is 3.23 bits per heavy atom. The van der Waals surface area contributed by atoms with Crippen LogP contribution in [0.2, 0.25) is 0 Å². The van der Waals surface area contributed by atoms with E-state index in [-0.39, 0.29) is 11.5 Å². The Hall–Kier alpha value is -1.47. The highest BCUT2D eigenvalue weighted by atomic mass is 32.1. The fourth-order valence-electron chi connectivity index (χ4n) is 4.30. The lowest BCUT2D eigenvalue weighted by Gasteiger charge is -2.48. The van der Waals surface area contributed by atoms with Crippen LogP contribution in [-0.2, 0) is 6.54 Å². The van der Waals surface area contributed by atoms with E-state index in [1.807, 2.05) is 24.4 Å². The van der Waals surface area contributed by atoms with E-state index in [0.717, 1.165) is 68.3 Å². The number of aliphatic hydroxyl groups excluding tert-OH is 1. The summed E-state index contributed by atoms with van der Waals surface area (Å²) in [5.74, 6) is 0.857. The molecule has 0 amide bonds. The molecule has 1 spiro atoms. The van der Waals surface area contributed by atoms with Crippen LogP contribution in [0.25, 0.3) is 10.6 Å². The molecular weight excluding hydrogens is 346 g/mol. The van der Waals surface area contributed by atoms with Gasteiger partial charge < -0.3 is 15.2 Å². The third-order valence-corrected chi connectivity index (χ3v) is 6.75. The van der Waals surface area contributed by atoms with Crippen LogP contribution in [0.5, 0.6) is 5.75 Å². The zero-order chi connectivity index (χ0) is 18.0. The van der Waals surface area contributed by atoms with Crippen molar-refractivity contribution < 1.29 is 9.84 Å². The number of nitrogens with zero attached hydrogens (tertiary/aromatic N) is 2. The molecule has 5 nitrogen and oxygen atoms in total. The lowest BCUT2D eigenvalue weighted by Crippen LogP contribution is -2.57. The molecule has 2 aromatic rings. The molecule has 1 aromatic carbocycles. The normalized spacial score (nSPS) is 26.9. The second-order valence-corrected chi connectivity index (χ2v) is 8.64. The molecule has 2 fully saturated rings. The topological polar surface area (TPSA) is 57.6 Å². The minimum atomic E-state index is -0.180. The van der Waals surface area contributed by atoms with Gasteiger partial charge >= 0.3 is 0 Å². The molecular formula is C20H27N3O2S. The summed E-state index contributed by atoms with van der Waals surface area (Å²) in [5.41, 5.74) is 1.12. The van der Waals surface area contributed by atoms with E-state index in [2.05, 4.69) is 21.3 Å². The van der Waals surface area contributed by atoms with Crippen molar-refractivity contribution >= 4 is 11.3 Å². The van der Waals surface area contributed by atoms with Crippen LogP contribution in [0.15, 0.2) is 30.5 Å². The van der Waals surface area contributed by atoms with Crippen molar-refractivity contribution in [3.8, 4) is 16.3 Å². The molecule has 2 aliphatic rings. The highest BCUT2D eigenvalue weighted by Crippen LogP contribution is 2.37. The first-order valence-electron chi connectivity index (χ1n) is 9.39. The highest BCUT2D eigenvalue weighted by molar-refractivity contribution is 7.15. The smallest absolute Gasteiger partial charge is 0.123 e. The quantitative estimate of drug-likeness (QED) is 0.863. The van der Waals surface area contributed by atoms with E-state index >= 15 is 0 Å². The standard InChI is InChI=1S/C20H27N3O2S/c1-25-16-5-2-4-15(10-16)19-22-11-17(26-19)12-23-9-3-7-20(14-23)13-21-8-6-18(20)24/h2,4-5,10-11,18,21,24H,3,6-9,12-14H2,1H3/t18-,20-/m0/s1. The van der Waals surface area contributed by atoms with Gasteiger partial charge in [-0.1, -0.05) is 12.1 Å². The third-order valence-electron chi connectivity index (χ3n) is 5.72. The Kier molecular flexibility index (Phi) is 5.27. The van der Waals surface area contributed by atoms with E-state index in [1.54, 1.807) is 18.4 Å². The lowest BCUT2D eigenvalue weighted by atomic mass is 9.72. The van der Waals surface area contributed by atoms with Gasteiger partial charge in [-0.25, -0.2) is 4.98 Å². The number of rotatable bonds is 4. The van der Waals surface area contributed by atoms with E-state index in [0.29, 0.717) is 0 Å². The van der Waals surface area contributed by atoms with Gasteiger partial charge in [-0.2, -0.15) is 0 Å². The predicted molar refractivity (Wildman–Crippen MR) is 105 cm³/mol. The van der Waals surface area contributed by atoms with Crippen molar-refractivity contribution in [2.75, 3.05) is 33.3 Å². The first-order chi connectivity index (χ1) is 12.7. The number of benzene rings is 1. The number of ether oxygens (including phenoxy) is 1. The van der Waals surface area contributed by atoms with Crippen LogP contribution >= 0.6 is 11.3 Å². The zero-order valence-electron chi connectivity index (χ0n) is 15.3. The maximum absolute atomic E-state index is 10.6. The SMILES string of the molecule is COc1cccc(-c2ncc(CN3CCC[C@]4(CNCC[C@@H]4O)C3)s2)c1. The zero-order valence-corrected chi connectivity index (χ0v) is 16.1.